The second-order valence-corrected chi connectivity index (χ2v) is 5.25. The minimum Gasteiger partial charge on any atom is -0.317 e. The van der Waals surface area contributed by atoms with Gasteiger partial charge < -0.3 is 5.32 Å². The molecular formula is C11H18BrNS. The van der Waals surface area contributed by atoms with E-state index < -0.39 is 0 Å². The first-order valence-corrected chi connectivity index (χ1v) is 6.94. The van der Waals surface area contributed by atoms with E-state index in [2.05, 4.69) is 39.6 Å². The van der Waals surface area contributed by atoms with Crippen LogP contribution in [0.4, 0.5) is 0 Å². The monoisotopic (exact) mass is 275 g/mol. The number of unbranched alkanes of at least 4 members (excludes halogenated alkanes) is 1. The Morgan fingerprint density at radius 2 is 2.21 bits per heavy atom. The molecule has 80 valence electrons. The van der Waals surface area contributed by atoms with Crippen LogP contribution >= 0.6 is 27.3 Å². The van der Waals surface area contributed by atoms with Crippen LogP contribution < -0.4 is 5.32 Å². The van der Waals surface area contributed by atoms with Gasteiger partial charge in [0.15, 0.2) is 0 Å². The minimum absolute atomic E-state index is 1.16. The van der Waals surface area contributed by atoms with Gasteiger partial charge in [0.05, 0.1) is 0 Å². The van der Waals surface area contributed by atoms with Gasteiger partial charge in [-0.2, -0.15) is 0 Å². The van der Waals surface area contributed by atoms with E-state index in [0.717, 1.165) is 13.1 Å². The molecule has 0 fully saturated rings. The second kappa shape index (κ2) is 7.43. The molecule has 1 N–H and O–H groups in total. The van der Waals surface area contributed by atoms with Gasteiger partial charge in [0.25, 0.3) is 0 Å². The first-order chi connectivity index (χ1) is 6.84. The zero-order valence-electron chi connectivity index (χ0n) is 8.68. The highest BCUT2D eigenvalue weighted by molar-refractivity contribution is 9.10. The Hall–Kier alpha value is 0.140. The summed E-state index contributed by atoms with van der Waals surface area (Å²) in [6, 6.07) is 2.13. The molecule has 0 aromatic carbocycles. The first kappa shape index (κ1) is 12.2. The highest BCUT2D eigenvalue weighted by Gasteiger charge is 1.99. The Bertz CT molecular complexity index is 247. The van der Waals surface area contributed by atoms with Crippen molar-refractivity contribution in [3.8, 4) is 0 Å². The van der Waals surface area contributed by atoms with Gasteiger partial charge in [-0.3, -0.25) is 0 Å². The van der Waals surface area contributed by atoms with Crippen LogP contribution in [-0.2, 0) is 6.42 Å². The van der Waals surface area contributed by atoms with Crippen LogP contribution in [0.25, 0.3) is 0 Å². The van der Waals surface area contributed by atoms with E-state index in [4.69, 9.17) is 0 Å². The molecule has 3 heteroatoms. The second-order valence-electron chi connectivity index (χ2n) is 3.40. The number of hydrogen-bond acceptors (Lipinski definition) is 2. The molecule has 0 unspecified atom stereocenters. The summed E-state index contributed by atoms with van der Waals surface area (Å²) in [6.45, 7) is 4.52. The molecule has 0 radical (unpaired) electrons. The Morgan fingerprint density at radius 3 is 2.86 bits per heavy atom. The molecule has 1 aromatic rings. The fourth-order valence-corrected chi connectivity index (χ4v) is 2.94. The highest BCUT2D eigenvalue weighted by Crippen LogP contribution is 2.24. The minimum atomic E-state index is 1.16. The first-order valence-electron chi connectivity index (χ1n) is 5.27. The lowest BCUT2D eigenvalue weighted by Gasteiger charge is -2.02. The Balaban J connectivity index is 2.02. The Kier molecular flexibility index (Phi) is 6.48. The molecular weight excluding hydrogens is 258 g/mol. The number of thiophene rings is 1. The van der Waals surface area contributed by atoms with Crippen LogP contribution in [-0.4, -0.2) is 13.1 Å². The maximum Gasteiger partial charge on any atom is 0.0314 e. The van der Waals surface area contributed by atoms with Gasteiger partial charge in [0.1, 0.15) is 0 Å². The van der Waals surface area contributed by atoms with Crippen LogP contribution in [0.2, 0.25) is 0 Å². The molecule has 0 bridgehead atoms. The van der Waals surface area contributed by atoms with Crippen molar-refractivity contribution < 1.29 is 0 Å². The Morgan fingerprint density at radius 1 is 1.36 bits per heavy atom. The smallest absolute Gasteiger partial charge is 0.0314 e. The topological polar surface area (TPSA) is 12.0 Å². The largest absolute Gasteiger partial charge is 0.317 e. The van der Waals surface area contributed by atoms with Crippen LogP contribution in [0, 0.1) is 0 Å². The summed E-state index contributed by atoms with van der Waals surface area (Å²) in [6.07, 6.45) is 5.02. The van der Waals surface area contributed by atoms with Crippen molar-refractivity contribution in [3.05, 3.63) is 20.8 Å². The molecule has 0 spiro atoms. The van der Waals surface area contributed by atoms with Gasteiger partial charge in [-0.1, -0.05) is 6.92 Å². The van der Waals surface area contributed by atoms with Gasteiger partial charge in [0.2, 0.25) is 0 Å². The Labute approximate surface area is 99.0 Å². The quantitative estimate of drug-likeness (QED) is 0.746. The molecule has 1 rings (SSSR count). The van der Waals surface area contributed by atoms with Gasteiger partial charge in [-0.15, -0.1) is 11.3 Å². The van der Waals surface area contributed by atoms with Gasteiger partial charge >= 0.3 is 0 Å². The molecule has 0 saturated heterocycles. The highest BCUT2D eigenvalue weighted by atomic mass is 79.9. The van der Waals surface area contributed by atoms with Crippen molar-refractivity contribution in [2.24, 2.45) is 0 Å². The van der Waals surface area contributed by atoms with Crippen molar-refractivity contribution in [3.63, 3.8) is 0 Å². The molecule has 0 aliphatic rings. The van der Waals surface area contributed by atoms with E-state index in [1.807, 2.05) is 11.3 Å². The summed E-state index contributed by atoms with van der Waals surface area (Å²) < 4.78 is 1.28. The van der Waals surface area contributed by atoms with E-state index in [9.17, 15) is 0 Å². The van der Waals surface area contributed by atoms with E-state index in [-0.39, 0.29) is 0 Å². The average Bonchev–Trinajstić information content (AvgIpc) is 2.58. The number of nitrogens with one attached hydrogen (secondary N) is 1. The molecule has 0 saturated carbocycles. The van der Waals surface area contributed by atoms with Crippen LogP contribution in [0.5, 0.6) is 0 Å². The number of halogens is 1. The van der Waals surface area contributed by atoms with E-state index in [1.165, 1.54) is 35.0 Å². The SMILES string of the molecule is CCCNCCCCc1sccc1Br. The van der Waals surface area contributed by atoms with Crippen molar-refractivity contribution >= 4 is 27.3 Å². The van der Waals surface area contributed by atoms with Crippen LogP contribution in [0.15, 0.2) is 15.9 Å². The summed E-state index contributed by atoms with van der Waals surface area (Å²) in [4.78, 5) is 1.49. The molecule has 14 heavy (non-hydrogen) atoms. The zero-order chi connectivity index (χ0) is 10.2. The van der Waals surface area contributed by atoms with Gasteiger partial charge in [-0.25, -0.2) is 0 Å². The molecule has 0 aliphatic heterocycles. The third-order valence-corrected chi connectivity index (χ3v) is 4.11. The summed E-state index contributed by atoms with van der Waals surface area (Å²) in [5, 5.41) is 5.57. The number of rotatable bonds is 7. The maximum atomic E-state index is 3.56. The molecule has 0 aliphatic carbocycles. The van der Waals surface area contributed by atoms with Crippen LogP contribution in [0.3, 0.4) is 0 Å². The fraction of sp³-hybridized carbons (Fsp3) is 0.636. The normalized spacial score (nSPS) is 10.7. The van der Waals surface area contributed by atoms with Crippen molar-refractivity contribution in [1.29, 1.82) is 0 Å². The summed E-state index contributed by atoms with van der Waals surface area (Å²) in [7, 11) is 0. The predicted molar refractivity (Wildman–Crippen MR) is 68.1 cm³/mol. The van der Waals surface area contributed by atoms with Crippen molar-refractivity contribution in [2.45, 2.75) is 32.6 Å². The molecule has 1 nitrogen and oxygen atoms in total. The van der Waals surface area contributed by atoms with Crippen LogP contribution in [0.1, 0.15) is 31.1 Å². The number of aryl methyl sites for hydroxylation is 1. The summed E-state index contributed by atoms with van der Waals surface area (Å²) >= 11 is 5.41. The molecule has 1 aromatic heterocycles. The fourth-order valence-electron chi connectivity index (χ4n) is 1.34. The molecule has 0 atom stereocenters. The molecule has 0 amide bonds. The third kappa shape index (κ3) is 4.58. The summed E-state index contributed by atoms with van der Waals surface area (Å²) in [5.74, 6) is 0. The predicted octanol–water partition coefficient (Wildman–Crippen LogP) is 3.83. The maximum absolute atomic E-state index is 3.56. The average molecular weight is 276 g/mol. The summed E-state index contributed by atoms with van der Waals surface area (Å²) in [5.41, 5.74) is 0. The van der Waals surface area contributed by atoms with Gasteiger partial charge in [-0.05, 0) is 66.1 Å². The third-order valence-electron chi connectivity index (χ3n) is 2.13. The van der Waals surface area contributed by atoms with Crippen molar-refractivity contribution in [1.82, 2.24) is 5.32 Å². The zero-order valence-corrected chi connectivity index (χ0v) is 11.1. The van der Waals surface area contributed by atoms with E-state index in [0.29, 0.717) is 0 Å². The lowest BCUT2D eigenvalue weighted by molar-refractivity contribution is 0.618. The number of hydrogen-bond donors (Lipinski definition) is 1. The van der Waals surface area contributed by atoms with Crippen molar-refractivity contribution in [2.75, 3.05) is 13.1 Å². The lowest BCUT2D eigenvalue weighted by Crippen LogP contribution is -2.15. The lowest BCUT2D eigenvalue weighted by atomic mass is 10.2. The molecule has 1 heterocycles. The van der Waals surface area contributed by atoms with Gasteiger partial charge in [0, 0.05) is 9.35 Å². The standard InChI is InChI=1S/C11H18BrNS/c1-2-7-13-8-4-3-5-11-10(12)6-9-14-11/h6,9,13H,2-5,7-8H2,1H3. The van der Waals surface area contributed by atoms with E-state index in [1.54, 1.807) is 0 Å². The van der Waals surface area contributed by atoms with E-state index >= 15 is 0 Å².